The van der Waals surface area contributed by atoms with E-state index in [0.717, 1.165) is 20.3 Å². The Labute approximate surface area is 222 Å². The molecule has 1 aliphatic rings. The molecule has 38 heavy (non-hydrogen) atoms. The van der Waals surface area contributed by atoms with Gasteiger partial charge in [0.25, 0.3) is 23.4 Å². The third-order valence-electron chi connectivity index (χ3n) is 6.17. The number of nitro groups is 1. The molecule has 0 bridgehead atoms. The summed E-state index contributed by atoms with van der Waals surface area (Å²) in [4.78, 5) is 52.2. The predicted octanol–water partition coefficient (Wildman–Crippen LogP) is 6.04. The average Bonchev–Trinajstić information content (AvgIpc) is 3.19. The summed E-state index contributed by atoms with van der Waals surface area (Å²) in [6, 6.07) is 26.9. The van der Waals surface area contributed by atoms with E-state index in [2.05, 4.69) is 5.32 Å². The van der Waals surface area contributed by atoms with Crippen LogP contribution in [-0.4, -0.2) is 22.6 Å². The summed E-state index contributed by atoms with van der Waals surface area (Å²) in [5.74, 6) is -1.28. The number of hydrogen-bond acceptors (Lipinski definition) is 6. The molecule has 4 aromatic rings. The van der Waals surface area contributed by atoms with E-state index in [0.29, 0.717) is 11.3 Å². The van der Waals surface area contributed by atoms with Gasteiger partial charge in [-0.05, 0) is 67.1 Å². The van der Waals surface area contributed by atoms with Gasteiger partial charge in [-0.3, -0.25) is 24.5 Å². The molecule has 1 unspecified atom stereocenters. The van der Waals surface area contributed by atoms with Crippen LogP contribution in [0.5, 0.6) is 0 Å². The van der Waals surface area contributed by atoms with Crippen LogP contribution in [0.3, 0.4) is 0 Å². The normalized spacial score (nSPS) is 13.2. The van der Waals surface area contributed by atoms with E-state index in [9.17, 15) is 24.5 Å². The minimum atomic E-state index is -0.494. The van der Waals surface area contributed by atoms with Crippen molar-refractivity contribution in [1.82, 2.24) is 5.32 Å². The van der Waals surface area contributed by atoms with Gasteiger partial charge in [-0.15, -0.1) is 0 Å². The summed E-state index contributed by atoms with van der Waals surface area (Å²) in [5, 5.41) is 13.8. The number of carbonyl (C=O) groups is 3. The van der Waals surface area contributed by atoms with Crippen LogP contribution in [0.1, 0.15) is 49.6 Å². The summed E-state index contributed by atoms with van der Waals surface area (Å²) in [5.41, 5.74) is 2.10. The first kappa shape index (κ1) is 24.9. The van der Waals surface area contributed by atoms with Gasteiger partial charge in [-0.2, -0.15) is 0 Å². The number of nitro benzene ring substituents is 1. The molecule has 4 aromatic carbocycles. The minimum Gasteiger partial charge on any atom is -0.346 e. The highest BCUT2D eigenvalue weighted by atomic mass is 32.2. The van der Waals surface area contributed by atoms with Gasteiger partial charge in [0.05, 0.1) is 27.8 Å². The highest BCUT2D eigenvalue weighted by Crippen LogP contribution is 2.33. The summed E-state index contributed by atoms with van der Waals surface area (Å²) < 4.78 is 0. The molecule has 0 aromatic heterocycles. The first-order valence-electron chi connectivity index (χ1n) is 11.7. The molecule has 9 heteroatoms. The van der Waals surface area contributed by atoms with Crippen LogP contribution in [0.25, 0.3) is 0 Å². The van der Waals surface area contributed by atoms with E-state index in [1.165, 1.54) is 36.0 Å². The maximum atomic E-state index is 13.2. The van der Waals surface area contributed by atoms with Gasteiger partial charge in [0.1, 0.15) is 0 Å². The van der Waals surface area contributed by atoms with Gasteiger partial charge in [0, 0.05) is 27.5 Å². The molecule has 188 valence electrons. The number of hydrogen-bond donors (Lipinski definition) is 1. The van der Waals surface area contributed by atoms with Crippen LogP contribution in [0.4, 0.5) is 11.4 Å². The van der Waals surface area contributed by atoms with Crippen LogP contribution >= 0.6 is 11.8 Å². The number of rotatable bonds is 7. The van der Waals surface area contributed by atoms with E-state index in [4.69, 9.17) is 0 Å². The third-order valence-corrected chi connectivity index (χ3v) is 7.19. The zero-order chi connectivity index (χ0) is 26.8. The fourth-order valence-electron chi connectivity index (χ4n) is 4.16. The zero-order valence-corrected chi connectivity index (χ0v) is 21.0. The Kier molecular flexibility index (Phi) is 6.76. The lowest BCUT2D eigenvalue weighted by Gasteiger charge is -2.14. The van der Waals surface area contributed by atoms with Crippen molar-refractivity contribution < 1.29 is 19.3 Å². The Hall–Kier alpha value is -4.76. The molecule has 0 spiro atoms. The number of fused-ring (bicyclic) bond motifs is 1. The van der Waals surface area contributed by atoms with E-state index < -0.39 is 16.7 Å². The van der Waals surface area contributed by atoms with E-state index in [-0.39, 0.29) is 28.8 Å². The number of nitrogens with one attached hydrogen (secondary N) is 1. The Bertz CT molecular complexity index is 1550. The number of amides is 3. The van der Waals surface area contributed by atoms with Crippen molar-refractivity contribution in [2.24, 2.45) is 0 Å². The zero-order valence-electron chi connectivity index (χ0n) is 20.2. The van der Waals surface area contributed by atoms with Crippen molar-refractivity contribution in [3.8, 4) is 0 Å². The average molecular weight is 524 g/mol. The molecule has 0 radical (unpaired) electrons. The molecular weight excluding hydrogens is 502 g/mol. The fraction of sp³-hybridized carbons (Fsp3) is 0.0690. The quantitative estimate of drug-likeness (QED) is 0.180. The highest BCUT2D eigenvalue weighted by molar-refractivity contribution is 7.99. The number of anilines is 1. The Morgan fingerprint density at radius 2 is 1.45 bits per heavy atom. The molecule has 1 atom stereocenters. The van der Waals surface area contributed by atoms with Crippen molar-refractivity contribution in [2.75, 3.05) is 4.90 Å². The second-order valence-electron chi connectivity index (χ2n) is 8.66. The number of carbonyl (C=O) groups excluding carboxylic acids is 3. The van der Waals surface area contributed by atoms with Gasteiger partial charge in [-0.25, -0.2) is 4.90 Å². The standard InChI is InChI=1S/C29H21N3O5S/c1-18(19-5-3-2-4-6-19)30-27(33)20-7-16-25-26(17-20)29(35)31(28(25)34)21-8-12-23(13-9-21)38-24-14-10-22(11-15-24)32(36)37/h2-18H,1H3,(H,30,33). The van der Waals surface area contributed by atoms with Crippen molar-refractivity contribution in [3.63, 3.8) is 0 Å². The van der Waals surface area contributed by atoms with E-state index in [1.807, 2.05) is 37.3 Å². The molecule has 0 aliphatic carbocycles. The van der Waals surface area contributed by atoms with Crippen molar-refractivity contribution >= 4 is 40.9 Å². The number of benzene rings is 4. The Morgan fingerprint density at radius 3 is 2.08 bits per heavy atom. The fourth-order valence-corrected chi connectivity index (χ4v) is 4.97. The number of non-ortho nitro benzene ring substituents is 1. The second-order valence-corrected chi connectivity index (χ2v) is 9.81. The first-order chi connectivity index (χ1) is 18.3. The van der Waals surface area contributed by atoms with Gasteiger partial charge >= 0.3 is 0 Å². The van der Waals surface area contributed by atoms with Gasteiger partial charge in [-0.1, -0.05) is 42.1 Å². The lowest BCUT2D eigenvalue weighted by molar-refractivity contribution is -0.384. The summed E-state index contributed by atoms with van der Waals surface area (Å²) in [6.45, 7) is 1.88. The SMILES string of the molecule is CC(NC(=O)c1ccc2c(c1)C(=O)N(c1ccc(Sc3ccc([N+](=O)[O-])cc3)cc1)C2=O)c1ccccc1. The maximum Gasteiger partial charge on any atom is 0.269 e. The van der Waals surface area contributed by atoms with E-state index in [1.54, 1.807) is 42.5 Å². The molecule has 0 saturated carbocycles. The molecule has 0 saturated heterocycles. The molecule has 3 amide bonds. The third kappa shape index (κ3) is 4.91. The van der Waals surface area contributed by atoms with Gasteiger partial charge in [0.15, 0.2) is 0 Å². The molecule has 1 heterocycles. The van der Waals surface area contributed by atoms with E-state index >= 15 is 0 Å². The summed E-state index contributed by atoms with van der Waals surface area (Å²) in [6.07, 6.45) is 0. The lowest BCUT2D eigenvalue weighted by Crippen LogP contribution is -2.29. The lowest BCUT2D eigenvalue weighted by atomic mass is 10.0. The molecule has 8 nitrogen and oxygen atoms in total. The molecule has 5 rings (SSSR count). The number of nitrogens with zero attached hydrogens (tertiary/aromatic N) is 2. The number of imide groups is 1. The predicted molar refractivity (Wildman–Crippen MR) is 144 cm³/mol. The summed E-state index contributed by atoms with van der Waals surface area (Å²) >= 11 is 1.40. The Morgan fingerprint density at radius 1 is 0.842 bits per heavy atom. The first-order valence-corrected chi connectivity index (χ1v) is 12.5. The highest BCUT2D eigenvalue weighted by Gasteiger charge is 2.37. The molecule has 0 fully saturated rings. The van der Waals surface area contributed by atoms with Crippen molar-refractivity contribution in [3.05, 3.63) is 129 Å². The van der Waals surface area contributed by atoms with Gasteiger partial charge in [0.2, 0.25) is 0 Å². The van der Waals surface area contributed by atoms with Crippen LogP contribution in [0, 0.1) is 10.1 Å². The van der Waals surface area contributed by atoms with Gasteiger partial charge < -0.3 is 5.32 Å². The van der Waals surface area contributed by atoms with Crippen molar-refractivity contribution in [1.29, 1.82) is 0 Å². The Balaban J connectivity index is 1.30. The molecular formula is C29H21N3O5S. The largest absolute Gasteiger partial charge is 0.346 e. The smallest absolute Gasteiger partial charge is 0.269 e. The summed E-state index contributed by atoms with van der Waals surface area (Å²) in [7, 11) is 0. The van der Waals surface area contributed by atoms with Crippen LogP contribution in [0.15, 0.2) is 107 Å². The van der Waals surface area contributed by atoms with Crippen LogP contribution < -0.4 is 10.2 Å². The van der Waals surface area contributed by atoms with Crippen LogP contribution in [0.2, 0.25) is 0 Å². The second kappa shape index (κ2) is 10.3. The van der Waals surface area contributed by atoms with Crippen molar-refractivity contribution in [2.45, 2.75) is 22.8 Å². The van der Waals surface area contributed by atoms with Crippen LogP contribution in [-0.2, 0) is 0 Å². The topological polar surface area (TPSA) is 110 Å². The monoisotopic (exact) mass is 523 g/mol. The molecule has 1 aliphatic heterocycles. The minimum absolute atomic E-state index is 0.0154. The molecule has 1 N–H and O–H groups in total. The maximum absolute atomic E-state index is 13.2.